The molecule has 0 saturated heterocycles. The van der Waals surface area contributed by atoms with Crippen molar-refractivity contribution in [2.24, 2.45) is 0 Å². The van der Waals surface area contributed by atoms with E-state index < -0.39 is 15.4 Å². The Hall–Kier alpha value is -0.810. The highest BCUT2D eigenvalue weighted by molar-refractivity contribution is 7.90. The van der Waals surface area contributed by atoms with Gasteiger partial charge in [-0.15, -0.1) is 0 Å². The van der Waals surface area contributed by atoms with Crippen LogP contribution in [0.1, 0.15) is 0 Å². The van der Waals surface area contributed by atoms with Crippen molar-refractivity contribution in [2.45, 2.75) is 5.54 Å². The zero-order valence-corrected chi connectivity index (χ0v) is 8.21. The molecule has 2 N–H and O–H groups in total. The molecule has 1 atom stereocenters. The zero-order chi connectivity index (χ0) is 9.95. The smallest absolute Gasteiger partial charge is 0.150 e. The maximum Gasteiger partial charge on any atom is 0.150 e. The largest absolute Gasteiger partial charge is 0.394 e. The summed E-state index contributed by atoms with van der Waals surface area (Å²) in [5, 5.41) is 11.9. The summed E-state index contributed by atoms with van der Waals surface area (Å²) in [6, 6.07) is 0. The topological polar surface area (TPSA) is 66.4 Å². The minimum atomic E-state index is -3.10. The minimum absolute atomic E-state index is 0.0999. The Kier molecular flexibility index (Phi) is 2.77. The highest BCUT2D eigenvalue weighted by Crippen LogP contribution is 2.12. The third kappa shape index (κ3) is 2.86. The van der Waals surface area contributed by atoms with E-state index >= 15 is 0 Å². The number of hydrogen-bond donors (Lipinski definition) is 2. The summed E-state index contributed by atoms with van der Waals surface area (Å²) < 4.78 is 22.1. The molecule has 0 aromatic heterocycles. The Morgan fingerprint density at radius 3 is 2.54 bits per heavy atom. The molecule has 0 saturated carbocycles. The van der Waals surface area contributed by atoms with Gasteiger partial charge in [0.2, 0.25) is 0 Å². The van der Waals surface area contributed by atoms with Gasteiger partial charge in [0.1, 0.15) is 9.84 Å². The predicted octanol–water partition coefficient (Wildman–Crippen LogP) is -0.565. The second-order valence-electron chi connectivity index (χ2n) is 3.25. The van der Waals surface area contributed by atoms with Gasteiger partial charge in [-0.3, -0.25) is 0 Å². The minimum Gasteiger partial charge on any atom is -0.394 e. The van der Waals surface area contributed by atoms with Gasteiger partial charge in [-0.2, -0.15) is 0 Å². The fourth-order valence-electron chi connectivity index (χ4n) is 1.26. The molecule has 0 aromatic carbocycles. The van der Waals surface area contributed by atoms with Crippen LogP contribution in [0.15, 0.2) is 24.4 Å². The van der Waals surface area contributed by atoms with Gasteiger partial charge in [-0.25, -0.2) is 8.42 Å². The molecule has 0 aliphatic carbocycles. The first kappa shape index (κ1) is 10.3. The Balaban J connectivity index is 2.83. The molecular weight excluding hydrogens is 190 g/mol. The molecule has 0 fully saturated rings. The van der Waals surface area contributed by atoms with Crippen molar-refractivity contribution in [3.63, 3.8) is 0 Å². The lowest BCUT2D eigenvalue weighted by molar-refractivity contribution is 0.221. The molecule has 5 heteroatoms. The lowest BCUT2D eigenvalue weighted by atomic mass is 10.0. The average Bonchev–Trinajstić information content (AvgIpc) is 2.03. The normalized spacial score (nSPS) is 27.2. The van der Waals surface area contributed by atoms with Crippen LogP contribution in [-0.2, 0) is 9.84 Å². The third-order valence-electron chi connectivity index (χ3n) is 1.80. The van der Waals surface area contributed by atoms with Gasteiger partial charge in [0, 0.05) is 6.26 Å². The molecule has 74 valence electrons. The zero-order valence-electron chi connectivity index (χ0n) is 7.40. The van der Waals surface area contributed by atoms with E-state index in [2.05, 4.69) is 5.32 Å². The van der Waals surface area contributed by atoms with Crippen LogP contribution in [0.2, 0.25) is 0 Å². The highest BCUT2D eigenvalue weighted by atomic mass is 32.2. The second-order valence-corrected chi connectivity index (χ2v) is 5.39. The van der Waals surface area contributed by atoms with Crippen LogP contribution in [0.25, 0.3) is 0 Å². The molecule has 0 amide bonds. The number of hydrogen-bond acceptors (Lipinski definition) is 4. The third-order valence-corrected chi connectivity index (χ3v) is 2.83. The van der Waals surface area contributed by atoms with Crippen molar-refractivity contribution in [1.82, 2.24) is 5.32 Å². The Bertz CT molecular complexity index is 331. The first-order valence-electron chi connectivity index (χ1n) is 3.88. The number of rotatable bonds is 3. The van der Waals surface area contributed by atoms with Crippen LogP contribution in [0.4, 0.5) is 0 Å². The van der Waals surface area contributed by atoms with E-state index in [0.717, 1.165) is 6.26 Å². The first-order valence-corrected chi connectivity index (χ1v) is 5.94. The van der Waals surface area contributed by atoms with Crippen molar-refractivity contribution in [2.75, 3.05) is 18.6 Å². The Morgan fingerprint density at radius 2 is 2.15 bits per heavy atom. The highest BCUT2D eigenvalue weighted by Gasteiger charge is 2.30. The molecule has 0 aromatic rings. The summed E-state index contributed by atoms with van der Waals surface area (Å²) in [5.74, 6) is -0.0999. The van der Waals surface area contributed by atoms with E-state index in [1.165, 1.54) is 0 Å². The molecule has 13 heavy (non-hydrogen) atoms. The lowest BCUT2D eigenvalue weighted by Crippen LogP contribution is -2.50. The molecular formula is C8H13NO3S. The van der Waals surface area contributed by atoms with Crippen molar-refractivity contribution in [3.8, 4) is 0 Å². The number of nitrogens with one attached hydrogen (secondary N) is 1. The van der Waals surface area contributed by atoms with Gasteiger partial charge in [0.05, 0.1) is 17.9 Å². The fraction of sp³-hybridized carbons (Fsp3) is 0.500. The van der Waals surface area contributed by atoms with E-state index in [-0.39, 0.29) is 12.4 Å². The van der Waals surface area contributed by atoms with Crippen molar-refractivity contribution < 1.29 is 13.5 Å². The van der Waals surface area contributed by atoms with Crippen molar-refractivity contribution in [3.05, 3.63) is 24.4 Å². The van der Waals surface area contributed by atoms with Crippen molar-refractivity contribution in [1.29, 1.82) is 0 Å². The SMILES string of the molecule is CS(=O)(=O)CC1(CO)C=CC=CN1. The quantitative estimate of drug-likeness (QED) is 0.645. The summed E-state index contributed by atoms with van der Waals surface area (Å²) in [6.45, 7) is -0.235. The van der Waals surface area contributed by atoms with Crippen LogP contribution in [0, 0.1) is 0 Å². The summed E-state index contributed by atoms with van der Waals surface area (Å²) in [6.07, 6.45) is 7.90. The fourth-order valence-corrected chi connectivity index (χ4v) is 2.47. The summed E-state index contributed by atoms with van der Waals surface area (Å²) in [5.41, 5.74) is -0.845. The first-order chi connectivity index (χ1) is 5.97. The molecule has 1 aliphatic heterocycles. The van der Waals surface area contributed by atoms with Crippen LogP contribution in [0.3, 0.4) is 0 Å². The van der Waals surface area contributed by atoms with E-state index in [1.807, 2.05) is 0 Å². The molecule has 0 spiro atoms. The Morgan fingerprint density at radius 1 is 1.46 bits per heavy atom. The molecule has 1 aliphatic rings. The number of dihydropyridines is 1. The van der Waals surface area contributed by atoms with E-state index in [9.17, 15) is 8.42 Å². The van der Waals surface area contributed by atoms with E-state index in [4.69, 9.17) is 5.11 Å². The molecule has 0 radical (unpaired) electrons. The van der Waals surface area contributed by atoms with Gasteiger partial charge in [0.15, 0.2) is 0 Å². The van der Waals surface area contributed by atoms with Gasteiger partial charge in [-0.05, 0) is 12.3 Å². The summed E-state index contributed by atoms with van der Waals surface area (Å²) >= 11 is 0. The Labute approximate surface area is 77.9 Å². The molecule has 1 unspecified atom stereocenters. The van der Waals surface area contributed by atoms with Gasteiger partial charge in [0.25, 0.3) is 0 Å². The van der Waals surface area contributed by atoms with E-state index in [0.29, 0.717) is 0 Å². The number of aliphatic hydroxyl groups is 1. The van der Waals surface area contributed by atoms with E-state index in [1.54, 1.807) is 24.4 Å². The lowest BCUT2D eigenvalue weighted by Gasteiger charge is -2.29. The maximum atomic E-state index is 11.1. The molecule has 0 bridgehead atoms. The number of aliphatic hydroxyl groups excluding tert-OH is 1. The molecule has 1 rings (SSSR count). The monoisotopic (exact) mass is 203 g/mol. The maximum absolute atomic E-state index is 11.1. The van der Waals surface area contributed by atoms with Crippen LogP contribution in [0.5, 0.6) is 0 Å². The van der Waals surface area contributed by atoms with Crippen LogP contribution in [-0.4, -0.2) is 37.7 Å². The second kappa shape index (κ2) is 3.51. The number of sulfone groups is 1. The molecule has 4 nitrogen and oxygen atoms in total. The van der Waals surface area contributed by atoms with Crippen LogP contribution >= 0.6 is 0 Å². The standard InChI is InChI=1S/C8H13NO3S/c1-13(11,12)7-8(6-10)4-2-3-5-9-8/h2-5,9-10H,6-7H2,1H3. The number of allylic oxidation sites excluding steroid dienone is 2. The van der Waals surface area contributed by atoms with Gasteiger partial charge < -0.3 is 10.4 Å². The van der Waals surface area contributed by atoms with Gasteiger partial charge in [-0.1, -0.05) is 12.2 Å². The van der Waals surface area contributed by atoms with Gasteiger partial charge >= 0.3 is 0 Å². The predicted molar refractivity (Wildman–Crippen MR) is 50.9 cm³/mol. The van der Waals surface area contributed by atoms with Crippen molar-refractivity contribution >= 4 is 9.84 Å². The molecule has 1 heterocycles. The summed E-state index contributed by atoms with van der Waals surface area (Å²) in [7, 11) is -3.10. The van der Waals surface area contributed by atoms with Crippen LogP contribution < -0.4 is 5.32 Å². The average molecular weight is 203 g/mol. The summed E-state index contributed by atoms with van der Waals surface area (Å²) in [4.78, 5) is 0.